The number of carbonyl (C=O) groups excluding carboxylic acids is 4. The topological polar surface area (TPSA) is 86.7 Å². The van der Waals surface area contributed by atoms with Gasteiger partial charge in [-0.15, -0.1) is 0 Å². The molecule has 1 atom stereocenters. The van der Waals surface area contributed by atoms with E-state index in [9.17, 15) is 19.2 Å². The molecule has 0 aliphatic carbocycles. The third-order valence-electron chi connectivity index (χ3n) is 3.23. The van der Waals surface area contributed by atoms with Crippen LogP contribution in [0.1, 0.15) is 75.2 Å². The summed E-state index contributed by atoms with van der Waals surface area (Å²) in [5.41, 5.74) is -1.93. The van der Waals surface area contributed by atoms with Crippen molar-refractivity contribution in [2.75, 3.05) is 0 Å². The highest BCUT2D eigenvalue weighted by molar-refractivity contribution is 5.93. The second-order valence-electron chi connectivity index (χ2n) is 9.64. The molecule has 1 unspecified atom stereocenters. The molecule has 0 aromatic heterocycles. The van der Waals surface area contributed by atoms with E-state index in [0.717, 1.165) is 0 Å². The van der Waals surface area contributed by atoms with Gasteiger partial charge in [0.25, 0.3) is 0 Å². The molecule has 0 saturated carbocycles. The first-order valence-electron chi connectivity index (χ1n) is 8.45. The van der Waals surface area contributed by atoms with Gasteiger partial charge in [-0.05, 0) is 53.4 Å². The molecule has 0 saturated heterocycles. The predicted octanol–water partition coefficient (Wildman–Crippen LogP) is 3.66. The Morgan fingerprint density at radius 2 is 1.12 bits per heavy atom. The quantitative estimate of drug-likeness (QED) is 0.564. The van der Waals surface area contributed by atoms with Crippen LogP contribution in [-0.4, -0.2) is 23.9 Å². The van der Waals surface area contributed by atoms with E-state index in [2.05, 4.69) is 0 Å². The zero-order valence-electron chi connectivity index (χ0n) is 16.9. The second kappa shape index (κ2) is 8.11. The van der Waals surface area contributed by atoms with Crippen LogP contribution in [0.4, 0.5) is 0 Å². The van der Waals surface area contributed by atoms with Gasteiger partial charge >= 0.3 is 23.9 Å². The lowest BCUT2D eigenvalue weighted by atomic mass is 9.83. The molecule has 0 aromatic carbocycles. The summed E-state index contributed by atoms with van der Waals surface area (Å²) in [6, 6.07) is 0. The highest BCUT2D eigenvalue weighted by atomic mass is 16.6. The smallest absolute Gasteiger partial charge is 0.318 e. The van der Waals surface area contributed by atoms with Crippen LogP contribution in [0, 0.1) is 22.2 Å². The van der Waals surface area contributed by atoms with Gasteiger partial charge in [0.05, 0.1) is 23.2 Å². The van der Waals surface area contributed by atoms with Crippen LogP contribution in [0.2, 0.25) is 0 Å². The van der Waals surface area contributed by atoms with Gasteiger partial charge in [-0.1, -0.05) is 20.8 Å². The van der Waals surface area contributed by atoms with Gasteiger partial charge < -0.3 is 9.47 Å². The van der Waals surface area contributed by atoms with Gasteiger partial charge in [-0.3, -0.25) is 19.2 Å². The molecule has 6 heteroatoms. The van der Waals surface area contributed by atoms with E-state index in [1.54, 1.807) is 41.5 Å². The van der Waals surface area contributed by atoms with Gasteiger partial charge in [-0.2, -0.15) is 0 Å². The first-order chi connectivity index (χ1) is 10.9. The number of ether oxygens (including phenoxy) is 2. The van der Waals surface area contributed by atoms with Crippen LogP contribution in [0.15, 0.2) is 0 Å². The van der Waals surface area contributed by atoms with Crippen molar-refractivity contribution in [3.05, 3.63) is 0 Å². The van der Waals surface area contributed by atoms with E-state index in [1.807, 2.05) is 20.8 Å². The summed E-state index contributed by atoms with van der Waals surface area (Å²) in [7, 11) is 0. The Morgan fingerprint density at radius 1 is 0.720 bits per heavy atom. The molecule has 0 aliphatic rings. The summed E-state index contributed by atoms with van der Waals surface area (Å²) in [6.45, 7) is 15.5. The van der Waals surface area contributed by atoms with Crippen LogP contribution in [0.25, 0.3) is 0 Å². The average Bonchev–Trinajstić information content (AvgIpc) is 2.33. The molecule has 0 spiro atoms. The lowest BCUT2D eigenvalue weighted by Gasteiger charge is -2.25. The molecule has 25 heavy (non-hydrogen) atoms. The fraction of sp³-hybridized carbons (Fsp3) is 0.789. The minimum absolute atomic E-state index is 0.275. The summed E-state index contributed by atoms with van der Waals surface area (Å²) >= 11 is 0. The van der Waals surface area contributed by atoms with Crippen LogP contribution in [0.3, 0.4) is 0 Å². The molecule has 0 radical (unpaired) electrons. The monoisotopic (exact) mass is 356 g/mol. The summed E-state index contributed by atoms with van der Waals surface area (Å²) < 4.78 is 9.74. The van der Waals surface area contributed by atoms with Crippen molar-refractivity contribution in [1.82, 2.24) is 0 Å². The number of esters is 4. The van der Waals surface area contributed by atoms with Crippen molar-refractivity contribution >= 4 is 23.9 Å². The van der Waals surface area contributed by atoms with Gasteiger partial charge in [0.2, 0.25) is 0 Å². The van der Waals surface area contributed by atoms with Crippen molar-refractivity contribution < 1.29 is 28.7 Å². The lowest BCUT2D eigenvalue weighted by Crippen LogP contribution is -2.33. The summed E-state index contributed by atoms with van der Waals surface area (Å²) in [6.07, 6.45) is 0.0113. The Hall–Kier alpha value is -1.72. The van der Waals surface area contributed by atoms with Crippen LogP contribution < -0.4 is 0 Å². The van der Waals surface area contributed by atoms with E-state index in [-0.39, 0.29) is 11.8 Å². The molecule has 0 aromatic rings. The van der Waals surface area contributed by atoms with Crippen LogP contribution in [0.5, 0.6) is 0 Å². The highest BCUT2D eigenvalue weighted by Gasteiger charge is 2.34. The van der Waals surface area contributed by atoms with E-state index in [4.69, 9.17) is 9.47 Å². The van der Waals surface area contributed by atoms with E-state index >= 15 is 0 Å². The Kier molecular flexibility index (Phi) is 7.55. The number of hydrogen-bond donors (Lipinski definition) is 0. The Bertz CT molecular complexity index is 526. The molecule has 0 aliphatic heterocycles. The lowest BCUT2D eigenvalue weighted by molar-refractivity contribution is -0.174. The zero-order chi connectivity index (χ0) is 20.2. The summed E-state index contributed by atoms with van der Waals surface area (Å²) in [4.78, 5) is 48.1. The molecule has 0 N–H and O–H groups in total. The Morgan fingerprint density at radius 3 is 1.48 bits per heavy atom. The fourth-order valence-electron chi connectivity index (χ4n) is 1.81. The molecular weight excluding hydrogens is 324 g/mol. The summed E-state index contributed by atoms with van der Waals surface area (Å²) in [5, 5.41) is 0. The van der Waals surface area contributed by atoms with Gasteiger partial charge in [0, 0.05) is 0 Å². The molecule has 0 bridgehead atoms. The van der Waals surface area contributed by atoms with E-state index < -0.39 is 40.6 Å². The third kappa shape index (κ3) is 9.37. The maximum absolute atomic E-state index is 12.4. The predicted molar refractivity (Wildman–Crippen MR) is 93.3 cm³/mol. The third-order valence-corrected chi connectivity index (χ3v) is 3.23. The number of hydrogen-bond acceptors (Lipinski definition) is 6. The Balaban J connectivity index is 5.12. The minimum Gasteiger partial charge on any atom is -0.393 e. The van der Waals surface area contributed by atoms with E-state index in [1.165, 1.54) is 0 Å². The second-order valence-corrected chi connectivity index (χ2v) is 9.64. The summed E-state index contributed by atoms with van der Waals surface area (Å²) in [5.74, 6) is -3.74. The van der Waals surface area contributed by atoms with Gasteiger partial charge in [-0.25, -0.2) is 0 Å². The first kappa shape index (κ1) is 23.3. The molecule has 6 nitrogen and oxygen atoms in total. The molecular formula is C19H32O6. The molecule has 0 heterocycles. The minimum atomic E-state index is -0.855. The normalized spacial score (nSPS) is 13.8. The fourth-order valence-corrected chi connectivity index (χ4v) is 1.81. The van der Waals surface area contributed by atoms with Crippen molar-refractivity contribution in [1.29, 1.82) is 0 Å². The van der Waals surface area contributed by atoms with Crippen molar-refractivity contribution in [3.63, 3.8) is 0 Å². The largest absolute Gasteiger partial charge is 0.393 e. The van der Waals surface area contributed by atoms with Crippen molar-refractivity contribution in [3.8, 4) is 0 Å². The maximum atomic E-state index is 12.4. The molecule has 0 fully saturated rings. The molecule has 144 valence electrons. The first-order valence-corrected chi connectivity index (χ1v) is 8.45. The van der Waals surface area contributed by atoms with Crippen LogP contribution in [-0.2, 0) is 28.7 Å². The average molecular weight is 356 g/mol. The highest BCUT2D eigenvalue weighted by Crippen LogP contribution is 2.29. The van der Waals surface area contributed by atoms with E-state index in [0.29, 0.717) is 6.42 Å². The zero-order valence-corrected chi connectivity index (χ0v) is 16.9. The molecule has 0 amide bonds. The maximum Gasteiger partial charge on any atom is 0.318 e. The van der Waals surface area contributed by atoms with Gasteiger partial charge in [0.1, 0.15) is 0 Å². The van der Waals surface area contributed by atoms with Gasteiger partial charge in [0.15, 0.2) is 0 Å². The molecule has 0 rings (SSSR count). The Labute approximate surface area is 150 Å². The standard InChI is InChI=1S/C19H32O6/c1-17(2,3)11-12(14(21)25-16(23)19(7,8)9)10-13(20)24-15(22)18(4,5)6/h12H,10-11H2,1-9H3. The van der Waals surface area contributed by atoms with Crippen LogP contribution >= 0.6 is 0 Å². The van der Waals surface area contributed by atoms with Crippen molar-refractivity contribution in [2.45, 2.75) is 75.2 Å². The number of rotatable bonds is 4. The SMILES string of the molecule is CC(C)(C)CC(CC(=O)OC(=O)C(C)(C)C)C(=O)OC(=O)C(C)(C)C. The van der Waals surface area contributed by atoms with Crippen molar-refractivity contribution in [2.24, 2.45) is 22.2 Å². The number of carbonyl (C=O) groups is 4.